The van der Waals surface area contributed by atoms with Crippen LogP contribution >= 0.6 is 0 Å². The lowest BCUT2D eigenvalue weighted by Gasteiger charge is -2.32. The van der Waals surface area contributed by atoms with E-state index in [1.54, 1.807) is 0 Å². The number of anilines is 1. The van der Waals surface area contributed by atoms with E-state index in [1.807, 2.05) is 12.4 Å². The van der Waals surface area contributed by atoms with Gasteiger partial charge in [0, 0.05) is 62.7 Å². The Kier molecular flexibility index (Phi) is 7.77. The third kappa shape index (κ3) is 5.31. The van der Waals surface area contributed by atoms with Gasteiger partial charge in [-0.15, -0.1) is 0 Å². The van der Waals surface area contributed by atoms with Crippen LogP contribution in [0.4, 0.5) is 5.69 Å². The summed E-state index contributed by atoms with van der Waals surface area (Å²) < 4.78 is 2.41. The lowest BCUT2D eigenvalue weighted by Crippen LogP contribution is -2.33. The van der Waals surface area contributed by atoms with E-state index in [4.69, 9.17) is 4.98 Å². The Morgan fingerprint density at radius 2 is 1.05 bits per heavy atom. The third-order valence-corrected chi connectivity index (χ3v) is 11.9. The fourth-order valence-corrected chi connectivity index (χ4v) is 9.36. The maximum Gasteiger partial charge on any atom is 0.0626 e. The molecule has 3 nitrogen and oxygen atoms in total. The predicted molar refractivity (Wildman–Crippen MR) is 234 cm³/mol. The first-order valence-corrected chi connectivity index (χ1v) is 19.7. The maximum atomic E-state index is 4.80. The quantitative estimate of drug-likeness (QED) is 0.171. The van der Waals surface area contributed by atoms with Crippen LogP contribution in [0.25, 0.3) is 72.0 Å². The molecule has 3 heterocycles. The summed E-state index contributed by atoms with van der Waals surface area (Å²) in [6.45, 7) is 0. The van der Waals surface area contributed by atoms with Gasteiger partial charge >= 0.3 is 0 Å². The monoisotopic (exact) mass is 717 g/mol. The van der Waals surface area contributed by atoms with E-state index >= 15 is 0 Å². The molecule has 3 aliphatic rings. The van der Waals surface area contributed by atoms with Crippen molar-refractivity contribution in [1.29, 1.82) is 0 Å². The zero-order valence-corrected chi connectivity index (χ0v) is 31.0. The largest absolute Gasteiger partial charge is 0.336 e. The maximum absolute atomic E-state index is 4.80. The Morgan fingerprint density at radius 3 is 1.75 bits per heavy atom. The molecule has 0 saturated carbocycles. The summed E-state index contributed by atoms with van der Waals surface area (Å²) in [5.74, 6) is 0.389. The molecule has 266 valence electrons. The Morgan fingerprint density at radius 1 is 0.500 bits per heavy atom. The van der Waals surface area contributed by atoms with Gasteiger partial charge in [-0.05, 0) is 83.1 Å². The summed E-state index contributed by atoms with van der Waals surface area (Å²) in [5.41, 5.74) is 17.1. The van der Waals surface area contributed by atoms with Gasteiger partial charge in [0.1, 0.15) is 0 Å². The number of nitrogens with zero attached hydrogens (tertiary/aromatic N) is 3. The smallest absolute Gasteiger partial charge is 0.0626 e. The standard InChI is InChI=1S/C53H39N3/c1-7-25-48(55-50-27-9-3-21-44(50)45-22-4-10-28-51(45)55)42(19-1)38-17-13-15-36(31-38)40-33-41(35-54-34-40)37-16-14-18-39(32-37)43-20-2-8-26-49(43)56-52-29-11-5-23-46(52)47-24-6-12-30-53(47)56/h1-11,13-29,31-35,46,52H,12,30H2. The molecule has 0 N–H and O–H groups in total. The van der Waals surface area contributed by atoms with Crippen LogP contribution in [0.2, 0.25) is 0 Å². The van der Waals surface area contributed by atoms with Crippen molar-refractivity contribution in [3.63, 3.8) is 0 Å². The Hall–Kier alpha value is -6.97. The highest BCUT2D eigenvalue weighted by molar-refractivity contribution is 6.09. The molecule has 0 saturated heterocycles. The Bertz CT molecular complexity index is 2900. The number of benzene rings is 6. The van der Waals surface area contributed by atoms with Crippen molar-refractivity contribution in [2.75, 3.05) is 4.90 Å². The predicted octanol–water partition coefficient (Wildman–Crippen LogP) is 13.4. The van der Waals surface area contributed by atoms with Crippen LogP contribution in [-0.2, 0) is 0 Å². The van der Waals surface area contributed by atoms with Crippen molar-refractivity contribution in [2.45, 2.75) is 18.9 Å². The molecule has 2 aromatic heterocycles. The molecule has 0 spiro atoms. The second-order valence-corrected chi connectivity index (χ2v) is 15.0. The van der Waals surface area contributed by atoms with Crippen molar-refractivity contribution in [3.05, 3.63) is 212 Å². The number of hydrogen-bond acceptors (Lipinski definition) is 2. The van der Waals surface area contributed by atoms with Gasteiger partial charge in [0.15, 0.2) is 0 Å². The minimum Gasteiger partial charge on any atom is -0.336 e. The zero-order chi connectivity index (χ0) is 37.0. The van der Waals surface area contributed by atoms with E-state index in [9.17, 15) is 0 Å². The fourth-order valence-electron chi connectivity index (χ4n) is 9.36. The highest BCUT2D eigenvalue weighted by atomic mass is 15.2. The second-order valence-electron chi connectivity index (χ2n) is 15.0. The van der Waals surface area contributed by atoms with Crippen LogP contribution < -0.4 is 4.90 Å². The van der Waals surface area contributed by atoms with E-state index in [0.717, 1.165) is 35.1 Å². The van der Waals surface area contributed by atoms with Crippen LogP contribution in [0.1, 0.15) is 12.8 Å². The average Bonchev–Trinajstić information content (AvgIpc) is 3.79. The second kappa shape index (κ2) is 13.4. The highest BCUT2D eigenvalue weighted by Crippen LogP contribution is 2.47. The molecule has 6 aromatic carbocycles. The molecule has 3 heteroatoms. The van der Waals surface area contributed by atoms with Crippen molar-refractivity contribution < 1.29 is 0 Å². The van der Waals surface area contributed by atoms with Crippen molar-refractivity contribution in [1.82, 2.24) is 9.55 Å². The summed E-state index contributed by atoms with van der Waals surface area (Å²) in [6, 6.07) is 55.5. The number of para-hydroxylation sites is 4. The molecule has 1 aliphatic heterocycles. The molecule has 0 amide bonds. The van der Waals surface area contributed by atoms with Gasteiger partial charge in [-0.2, -0.15) is 0 Å². The van der Waals surface area contributed by atoms with E-state index < -0.39 is 0 Å². The van der Waals surface area contributed by atoms with Gasteiger partial charge in [0.05, 0.1) is 22.8 Å². The van der Waals surface area contributed by atoms with Gasteiger partial charge < -0.3 is 9.47 Å². The minimum absolute atomic E-state index is 0.294. The van der Waals surface area contributed by atoms with E-state index in [1.165, 1.54) is 66.7 Å². The van der Waals surface area contributed by atoms with Gasteiger partial charge in [0.2, 0.25) is 0 Å². The number of aromatic nitrogens is 2. The number of rotatable bonds is 6. The Labute approximate surface area is 327 Å². The third-order valence-electron chi connectivity index (χ3n) is 11.9. The van der Waals surface area contributed by atoms with Gasteiger partial charge in [-0.1, -0.05) is 146 Å². The minimum atomic E-state index is 0.294. The topological polar surface area (TPSA) is 21.1 Å². The molecule has 8 aromatic rings. The van der Waals surface area contributed by atoms with Crippen molar-refractivity contribution >= 4 is 27.5 Å². The average molecular weight is 718 g/mol. The number of hydrogen-bond donors (Lipinski definition) is 0. The first kappa shape index (κ1) is 32.5. The zero-order valence-electron chi connectivity index (χ0n) is 31.0. The SMILES string of the molecule is C1=CC2C3=C(CCC=C3)N(c3ccccc3-c3cccc(-c4cncc(-c5cccc(-c6ccccc6-n6c7ccccc7c7ccccc76)c5)c4)c3)C2C=C1. The summed E-state index contributed by atoms with van der Waals surface area (Å²) >= 11 is 0. The fraction of sp³-hybridized carbons (Fsp3) is 0.0755. The lowest BCUT2D eigenvalue weighted by molar-refractivity contribution is 0.681. The van der Waals surface area contributed by atoms with Crippen LogP contribution in [-0.4, -0.2) is 15.6 Å². The molecule has 0 radical (unpaired) electrons. The summed E-state index contributed by atoms with van der Waals surface area (Å²) in [6.07, 6.45) is 20.0. The number of fused-ring (bicyclic) bond motifs is 5. The lowest BCUT2D eigenvalue weighted by atomic mass is 9.88. The highest BCUT2D eigenvalue weighted by Gasteiger charge is 2.39. The van der Waals surface area contributed by atoms with E-state index in [0.29, 0.717) is 12.0 Å². The first-order valence-electron chi connectivity index (χ1n) is 19.7. The molecule has 2 aliphatic carbocycles. The normalized spacial score (nSPS) is 17.2. The summed E-state index contributed by atoms with van der Waals surface area (Å²) in [5, 5.41) is 2.53. The molecular weight excluding hydrogens is 679 g/mol. The van der Waals surface area contributed by atoms with Gasteiger partial charge in [-0.25, -0.2) is 0 Å². The number of pyridine rings is 1. The Balaban J connectivity index is 0.957. The molecule has 0 fully saturated rings. The van der Waals surface area contributed by atoms with Crippen LogP contribution in [0, 0.1) is 5.92 Å². The van der Waals surface area contributed by atoms with Gasteiger partial charge in [-0.3, -0.25) is 4.98 Å². The number of allylic oxidation sites excluding steroid dienone is 5. The van der Waals surface area contributed by atoms with Crippen LogP contribution in [0.5, 0.6) is 0 Å². The molecule has 2 atom stereocenters. The molecule has 2 unspecified atom stereocenters. The molecule has 11 rings (SSSR count). The van der Waals surface area contributed by atoms with Crippen molar-refractivity contribution in [3.8, 4) is 50.2 Å². The van der Waals surface area contributed by atoms with E-state index in [2.05, 4.69) is 198 Å². The van der Waals surface area contributed by atoms with Crippen molar-refractivity contribution in [2.24, 2.45) is 5.92 Å². The summed E-state index contributed by atoms with van der Waals surface area (Å²) in [4.78, 5) is 7.41. The van der Waals surface area contributed by atoms with Crippen LogP contribution in [0.3, 0.4) is 0 Å². The van der Waals surface area contributed by atoms with Crippen LogP contribution in [0.15, 0.2) is 212 Å². The molecule has 56 heavy (non-hydrogen) atoms. The first-order chi connectivity index (χ1) is 27.8. The molecule has 0 bridgehead atoms. The summed E-state index contributed by atoms with van der Waals surface area (Å²) in [7, 11) is 0. The van der Waals surface area contributed by atoms with E-state index in [-0.39, 0.29) is 0 Å². The molecular formula is C53H39N3. The van der Waals surface area contributed by atoms with Gasteiger partial charge in [0.25, 0.3) is 0 Å².